The van der Waals surface area contributed by atoms with Crippen LogP contribution in [0.4, 0.5) is 0 Å². The van der Waals surface area contributed by atoms with E-state index in [4.69, 9.17) is 19.0 Å². The minimum absolute atomic E-state index is 0.223. The highest BCUT2D eigenvalue weighted by Gasteiger charge is 2.04. The number of hydrogen-bond donors (Lipinski definition) is 1. The Kier molecular flexibility index (Phi) is 5.74. The number of hydrogen-bond acceptors (Lipinski definition) is 4. The van der Waals surface area contributed by atoms with Crippen LogP contribution < -0.4 is 9.47 Å². The van der Waals surface area contributed by atoms with Crippen molar-refractivity contribution in [3.05, 3.63) is 51.6 Å². The second-order valence-corrected chi connectivity index (χ2v) is 5.97. The largest absolute Gasteiger partial charge is 0.507 e. The molecule has 0 unspecified atom stereocenters. The molecule has 0 saturated heterocycles. The fourth-order valence-corrected chi connectivity index (χ4v) is 2.65. The number of methoxy groups -OCH3 is 2. The second kappa shape index (κ2) is 7.56. The third kappa shape index (κ3) is 3.96. The normalized spacial score (nSPS) is 10.0. The second-order valence-electron chi connectivity index (χ2n) is 4.27. The summed E-state index contributed by atoms with van der Waals surface area (Å²) >= 11 is 6.55. The molecule has 0 amide bonds. The standard InChI is InChI=1S/C9H7BrO2.C7H7BrO2/c1-11-7-4-6-2-3-12-9(6)8(10)5-7;1-10-5-2-3-7(9)6(8)4-5/h2-5H,1H3;2-4,9H,1H3. The van der Waals surface area contributed by atoms with Crippen LogP contribution >= 0.6 is 31.9 Å². The number of phenolic OH excluding ortho intramolecular Hbond substituents is 1. The predicted molar refractivity (Wildman–Crippen MR) is 92.8 cm³/mol. The molecule has 0 spiro atoms. The Bertz CT molecular complexity index is 768. The first-order chi connectivity index (χ1) is 10.5. The molecule has 1 heterocycles. The number of phenols is 1. The molecule has 0 atom stereocenters. The summed E-state index contributed by atoms with van der Waals surface area (Å²) < 4.78 is 16.8. The highest BCUT2D eigenvalue weighted by Crippen LogP contribution is 2.30. The summed E-state index contributed by atoms with van der Waals surface area (Å²) in [7, 11) is 3.23. The Labute approximate surface area is 144 Å². The van der Waals surface area contributed by atoms with E-state index < -0.39 is 0 Å². The summed E-state index contributed by atoms with van der Waals surface area (Å²) in [5, 5.41) is 10.1. The van der Waals surface area contributed by atoms with Crippen molar-refractivity contribution in [3.63, 3.8) is 0 Å². The van der Waals surface area contributed by atoms with Gasteiger partial charge in [0.05, 0.1) is 29.4 Å². The summed E-state index contributed by atoms with van der Waals surface area (Å²) in [6.07, 6.45) is 1.66. The van der Waals surface area contributed by atoms with E-state index in [0.29, 0.717) is 4.47 Å². The third-order valence-electron chi connectivity index (χ3n) is 2.87. The summed E-state index contributed by atoms with van der Waals surface area (Å²) in [5.41, 5.74) is 0.857. The molecule has 22 heavy (non-hydrogen) atoms. The summed E-state index contributed by atoms with van der Waals surface area (Å²) in [6.45, 7) is 0. The Morgan fingerprint density at radius 3 is 2.23 bits per heavy atom. The van der Waals surface area contributed by atoms with Crippen LogP contribution in [-0.2, 0) is 0 Å². The molecule has 0 fully saturated rings. The number of furan rings is 1. The van der Waals surface area contributed by atoms with E-state index in [1.807, 2.05) is 18.2 Å². The van der Waals surface area contributed by atoms with E-state index in [1.165, 1.54) is 0 Å². The van der Waals surface area contributed by atoms with E-state index in [-0.39, 0.29) is 5.75 Å². The van der Waals surface area contributed by atoms with E-state index in [1.54, 1.807) is 38.7 Å². The smallest absolute Gasteiger partial charge is 0.148 e. The summed E-state index contributed by atoms with van der Waals surface area (Å²) in [5.74, 6) is 1.78. The van der Waals surface area contributed by atoms with Crippen LogP contribution in [0.15, 0.2) is 56.0 Å². The zero-order valence-corrected chi connectivity index (χ0v) is 15.1. The topological polar surface area (TPSA) is 51.8 Å². The van der Waals surface area contributed by atoms with Crippen LogP contribution in [0.5, 0.6) is 17.2 Å². The lowest BCUT2D eigenvalue weighted by Gasteiger charge is -2.00. The molecular weight excluding hydrogens is 416 g/mol. The highest BCUT2D eigenvalue weighted by molar-refractivity contribution is 9.11. The molecule has 0 aliphatic carbocycles. The first-order valence-electron chi connectivity index (χ1n) is 6.28. The number of ether oxygens (including phenoxy) is 2. The Morgan fingerprint density at radius 1 is 0.909 bits per heavy atom. The van der Waals surface area contributed by atoms with Crippen LogP contribution in [0.2, 0.25) is 0 Å². The first-order valence-corrected chi connectivity index (χ1v) is 7.87. The molecule has 0 radical (unpaired) electrons. The van der Waals surface area contributed by atoms with E-state index in [9.17, 15) is 0 Å². The van der Waals surface area contributed by atoms with Crippen molar-refractivity contribution in [2.75, 3.05) is 14.2 Å². The number of fused-ring (bicyclic) bond motifs is 1. The average molecular weight is 430 g/mol. The van der Waals surface area contributed by atoms with Crippen LogP contribution in [0.3, 0.4) is 0 Å². The Hall–Kier alpha value is -1.66. The minimum Gasteiger partial charge on any atom is -0.507 e. The Morgan fingerprint density at radius 2 is 1.59 bits per heavy atom. The van der Waals surface area contributed by atoms with Gasteiger partial charge in [-0.1, -0.05) is 0 Å². The van der Waals surface area contributed by atoms with Crippen LogP contribution in [0.25, 0.3) is 11.0 Å². The molecule has 3 aromatic rings. The van der Waals surface area contributed by atoms with Gasteiger partial charge in [0, 0.05) is 5.39 Å². The van der Waals surface area contributed by atoms with E-state index in [0.717, 1.165) is 26.9 Å². The maximum Gasteiger partial charge on any atom is 0.148 e. The van der Waals surface area contributed by atoms with Crippen molar-refractivity contribution in [1.29, 1.82) is 0 Å². The summed E-state index contributed by atoms with van der Waals surface area (Å²) in [4.78, 5) is 0. The SMILES string of the molecule is COc1cc(Br)c2occc2c1.COc1ccc(O)c(Br)c1. The predicted octanol–water partition coefficient (Wildman–Crippen LogP) is 5.37. The van der Waals surface area contributed by atoms with Crippen molar-refractivity contribution in [2.24, 2.45) is 0 Å². The Balaban J connectivity index is 0.000000164. The minimum atomic E-state index is 0.223. The zero-order chi connectivity index (χ0) is 16.1. The van der Waals surface area contributed by atoms with Gasteiger partial charge < -0.3 is 19.0 Å². The lowest BCUT2D eigenvalue weighted by atomic mass is 10.2. The van der Waals surface area contributed by atoms with Gasteiger partial charge in [0.2, 0.25) is 0 Å². The van der Waals surface area contributed by atoms with E-state index in [2.05, 4.69) is 31.9 Å². The number of rotatable bonds is 2. The van der Waals surface area contributed by atoms with Gasteiger partial charge in [-0.25, -0.2) is 0 Å². The van der Waals surface area contributed by atoms with Crippen molar-refractivity contribution in [1.82, 2.24) is 0 Å². The van der Waals surface area contributed by atoms with Gasteiger partial charge in [0.1, 0.15) is 22.8 Å². The maximum absolute atomic E-state index is 9.04. The van der Waals surface area contributed by atoms with Gasteiger partial charge in [0.25, 0.3) is 0 Å². The quantitative estimate of drug-likeness (QED) is 0.595. The van der Waals surface area contributed by atoms with Gasteiger partial charge in [-0.2, -0.15) is 0 Å². The average Bonchev–Trinajstić information content (AvgIpc) is 2.99. The molecule has 1 aromatic heterocycles. The lowest BCUT2D eigenvalue weighted by molar-refractivity contribution is 0.411. The monoisotopic (exact) mass is 428 g/mol. The van der Waals surface area contributed by atoms with Gasteiger partial charge in [0.15, 0.2) is 0 Å². The molecule has 4 nitrogen and oxygen atoms in total. The third-order valence-corrected chi connectivity index (χ3v) is 4.09. The van der Waals surface area contributed by atoms with Crippen LogP contribution in [-0.4, -0.2) is 19.3 Å². The lowest BCUT2D eigenvalue weighted by Crippen LogP contribution is -1.81. The van der Waals surface area contributed by atoms with Gasteiger partial charge in [-0.3, -0.25) is 0 Å². The maximum atomic E-state index is 9.04. The van der Waals surface area contributed by atoms with Crippen molar-refractivity contribution in [3.8, 4) is 17.2 Å². The summed E-state index contributed by atoms with van der Waals surface area (Å²) in [6, 6.07) is 10.7. The fraction of sp³-hybridized carbons (Fsp3) is 0.125. The highest BCUT2D eigenvalue weighted by atomic mass is 79.9. The van der Waals surface area contributed by atoms with Crippen molar-refractivity contribution < 1.29 is 19.0 Å². The van der Waals surface area contributed by atoms with Crippen LogP contribution in [0.1, 0.15) is 0 Å². The zero-order valence-electron chi connectivity index (χ0n) is 12.0. The number of halogens is 2. The molecule has 0 aliphatic heterocycles. The number of benzene rings is 2. The molecular formula is C16H14Br2O4. The molecule has 0 saturated carbocycles. The molecule has 2 aromatic carbocycles. The van der Waals surface area contributed by atoms with E-state index >= 15 is 0 Å². The molecule has 3 rings (SSSR count). The van der Waals surface area contributed by atoms with Crippen molar-refractivity contribution >= 4 is 42.8 Å². The van der Waals surface area contributed by atoms with Crippen molar-refractivity contribution in [2.45, 2.75) is 0 Å². The van der Waals surface area contributed by atoms with Gasteiger partial charge in [-0.15, -0.1) is 0 Å². The van der Waals surface area contributed by atoms with Gasteiger partial charge >= 0.3 is 0 Å². The number of aromatic hydroxyl groups is 1. The fourth-order valence-electron chi connectivity index (χ4n) is 1.74. The van der Waals surface area contributed by atoms with Gasteiger partial charge in [-0.05, 0) is 68.3 Å². The molecule has 116 valence electrons. The molecule has 0 bridgehead atoms. The molecule has 6 heteroatoms. The van der Waals surface area contributed by atoms with Crippen LogP contribution in [0, 0.1) is 0 Å². The molecule has 1 N–H and O–H groups in total. The molecule has 0 aliphatic rings. The first kappa shape index (κ1) is 16.7.